The van der Waals surface area contributed by atoms with E-state index in [2.05, 4.69) is 60.2 Å². The number of rotatable bonds is 13. The van der Waals surface area contributed by atoms with E-state index in [9.17, 15) is 39.0 Å². The Morgan fingerprint density at radius 2 is 0.952 bits per heavy atom. The molecule has 4 aromatic rings. The van der Waals surface area contributed by atoms with Gasteiger partial charge in [-0.3, -0.25) is 19.2 Å². The summed E-state index contributed by atoms with van der Waals surface area (Å²) in [4.78, 5) is 80.9. The molecule has 334 valence electrons. The summed E-state index contributed by atoms with van der Waals surface area (Å²) in [5.41, 5.74) is 15.5. The first-order chi connectivity index (χ1) is 29.6. The highest BCUT2D eigenvalue weighted by Gasteiger charge is 2.53. The van der Waals surface area contributed by atoms with E-state index in [-0.39, 0.29) is 43.2 Å². The van der Waals surface area contributed by atoms with Gasteiger partial charge in [-0.05, 0) is 95.0 Å². The molecule has 15 nitrogen and oxygen atoms in total. The molecule has 3 aromatic carbocycles. The number of benzene rings is 3. The van der Waals surface area contributed by atoms with Crippen molar-refractivity contribution < 1.29 is 39.0 Å². The van der Waals surface area contributed by atoms with Crippen LogP contribution >= 0.6 is 0 Å². The van der Waals surface area contributed by atoms with Gasteiger partial charge in [-0.25, -0.2) is 9.59 Å². The number of primary amides is 2. The molecular weight excluding hydrogens is 803 g/mol. The quantitative estimate of drug-likeness (QED) is 0.0892. The molecular formula is C48H59N7O8. The first kappa shape index (κ1) is 45.9. The summed E-state index contributed by atoms with van der Waals surface area (Å²) >= 11 is 0. The second-order valence-corrected chi connectivity index (χ2v) is 18.4. The van der Waals surface area contributed by atoms with E-state index in [1.54, 1.807) is 52.0 Å². The molecule has 0 saturated carbocycles. The van der Waals surface area contributed by atoms with Gasteiger partial charge in [-0.15, -0.1) is 0 Å². The predicted octanol–water partition coefficient (Wildman–Crippen LogP) is 6.30. The van der Waals surface area contributed by atoms with E-state index in [0.717, 1.165) is 33.8 Å². The zero-order valence-electron chi connectivity index (χ0n) is 37.0. The second-order valence-electron chi connectivity index (χ2n) is 18.4. The summed E-state index contributed by atoms with van der Waals surface area (Å²) in [6, 6.07) is 24.8. The standard InChI is InChI=1S/C48H59N7O8/c1-28(2)38(51-44(60)61)40(56)53-26-8-24-47(53,42(49)58)33-14-10-30(11-15-33)36-22-23-37(55(36)35-20-18-32(19-21-35)46(5,6)7)31-12-16-34(17-13-31)48(43(50)59)25-9-27-54(48)41(57)39(29(3)4)52-45(62)63/h10-23,28-29,38-39,51-52H,8-9,24-27H2,1-7H3,(H2,49,58)(H2,50,59)(H,60,61)(H,62,63)/t38-,39-,47-,48-/m0/s1. The molecule has 0 bridgehead atoms. The SMILES string of the molecule is CC(C)[C@H](NC(=O)O)C(=O)N1CCC[C@@]1(C(N)=O)c1ccc(-c2ccc(-c3ccc([C@]4(C(N)=O)CCCN4C(=O)[C@@H](NC(=O)O)C(C)C)cc3)n2-c2ccc(C(C)(C)C)cc2)cc1. The topological polar surface area (TPSA) is 230 Å². The molecule has 0 aliphatic carbocycles. The zero-order valence-corrected chi connectivity index (χ0v) is 37.0. The average molecular weight is 862 g/mol. The summed E-state index contributed by atoms with van der Waals surface area (Å²) in [5, 5.41) is 23.6. The van der Waals surface area contributed by atoms with Gasteiger partial charge in [0.25, 0.3) is 0 Å². The molecule has 8 N–H and O–H groups in total. The maximum atomic E-state index is 13.9. The van der Waals surface area contributed by atoms with Crippen LogP contribution < -0.4 is 22.1 Å². The minimum Gasteiger partial charge on any atom is -0.465 e. The molecule has 15 heteroatoms. The normalized spacial score (nSPS) is 19.8. The van der Waals surface area contributed by atoms with Gasteiger partial charge in [0, 0.05) is 18.8 Å². The summed E-state index contributed by atoms with van der Waals surface area (Å²) in [7, 11) is 0. The van der Waals surface area contributed by atoms with Crippen LogP contribution in [0.5, 0.6) is 0 Å². The number of likely N-dealkylation sites (tertiary alicyclic amines) is 2. The largest absolute Gasteiger partial charge is 0.465 e. The van der Waals surface area contributed by atoms with Crippen LogP contribution in [0, 0.1) is 11.8 Å². The van der Waals surface area contributed by atoms with Crippen LogP contribution in [-0.2, 0) is 35.7 Å². The van der Waals surface area contributed by atoms with Gasteiger partial charge in [0.1, 0.15) is 23.2 Å². The van der Waals surface area contributed by atoms with Crippen molar-refractivity contribution in [2.24, 2.45) is 23.3 Å². The smallest absolute Gasteiger partial charge is 0.405 e. The lowest BCUT2D eigenvalue weighted by Crippen LogP contribution is -2.59. The lowest BCUT2D eigenvalue weighted by Gasteiger charge is -2.39. The minimum atomic E-state index is -1.48. The Kier molecular flexibility index (Phi) is 12.8. The monoisotopic (exact) mass is 861 g/mol. The van der Waals surface area contributed by atoms with Crippen LogP contribution in [0.25, 0.3) is 28.2 Å². The third kappa shape index (κ3) is 8.48. The molecule has 2 aliphatic heterocycles. The zero-order chi connectivity index (χ0) is 46.2. The van der Waals surface area contributed by atoms with Gasteiger partial charge in [-0.2, -0.15) is 0 Å². The third-order valence-corrected chi connectivity index (χ3v) is 12.7. The highest BCUT2D eigenvalue weighted by molar-refractivity contribution is 5.96. The number of amides is 6. The molecule has 0 unspecified atom stereocenters. The van der Waals surface area contributed by atoms with Crippen molar-refractivity contribution in [2.75, 3.05) is 13.1 Å². The molecule has 2 fully saturated rings. The lowest BCUT2D eigenvalue weighted by molar-refractivity contribution is -0.146. The van der Waals surface area contributed by atoms with Crippen LogP contribution in [0.2, 0.25) is 0 Å². The molecule has 6 rings (SSSR count). The van der Waals surface area contributed by atoms with E-state index in [1.165, 1.54) is 9.80 Å². The number of nitrogens with two attached hydrogens (primary N) is 2. The molecule has 2 saturated heterocycles. The van der Waals surface area contributed by atoms with Gasteiger partial charge in [0.05, 0.1) is 11.4 Å². The third-order valence-electron chi connectivity index (χ3n) is 12.7. The Morgan fingerprint density at radius 1 is 0.587 bits per heavy atom. The fourth-order valence-corrected chi connectivity index (χ4v) is 9.37. The van der Waals surface area contributed by atoms with Crippen molar-refractivity contribution in [3.05, 3.63) is 102 Å². The Hall–Kier alpha value is -6.64. The highest BCUT2D eigenvalue weighted by Crippen LogP contribution is 2.43. The number of carbonyl (C=O) groups excluding carboxylic acids is 4. The minimum absolute atomic E-state index is 0.0952. The number of hydrogen-bond donors (Lipinski definition) is 6. The van der Waals surface area contributed by atoms with Crippen molar-refractivity contribution in [1.29, 1.82) is 0 Å². The summed E-state index contributed by atoms with van der Waals surface area (Å²) in [5.74, 6) is -3.19. The molecule has 3 heterocycles. The lowest BCUT2D eigenvalue weighted by atomic mass is 9.85. The fourth-order valence-electron chi connectivity index (χ4n) is 9.37. The van der Waals surface area contributed by atoms with E-state index < -0.39 is 59.0 Å². The summed E-state index contributed by atoms with van der Waals surface area (Å²) < 4.78 is 2.11. The van der Waals surface area contributed by atoms with E-state index >= 15 is 0 Å². The van der Waals surface area contributed by atoms with E-state index in [0.29, 0.717) is 24.0 Å². The molecule has 0 radical (unpaired) electrons. The van der Waals surface area contributed by atoms with Crippen LogP contribution in [0.15, 0.2) is 84.9 Å². The number of carboxylic acid groups (broad SMARTS) is 2. The van der Waals surface area contributed by atoms with Crippen LogP contribution in [-0.4, -0.2) is 85.6 Å². The average Bonchev–Trinajstić information content (AvgIpc) is 4.00. The first-order valence-corrected chi connectivity index (χ1v) is 21.4. The molecule has 4 atom stereocenters. The predicted molar refractivity (Wildman–Crippen MR) is 239 cm³/mol. The Labute approximate surface area is 367 Å². The summed E-state index contributed by atoms with van der Waals surface area (Å²) in [6.45, 7) is 13.8. The molecule has 0 spiro atoms. The summed E-state index contributed by atoms with van der Waals surface area (Å²) in [6.07, 6.45) is -1.12. The van der Waals surface area contributed by atoms with Crippen LogP contribution in [0.1, 0.15) is 90.8 Å². The van der Waals surface area contributed by atoms with Crippen molar-refractivity contribution in [1.82, 2.24) is 25.0 Å². The van der Waals surface area contributed by atoms with Crippen molar-refractivity contribution in [2.45, 2.75) is 103 Å². The number of hydrogen-bond acceptors (Lipinski definition) is 6. The highest BCUT2D eigenvalue weighted by atomic mass is 16.4. The van der Waals surface area contributed by atoms with Crippen molar-refractivity contribution in [3.63, 3.8) is 0 Å². The van der Waals surface area contributed by atoms with Gasteiger partial charge in [0.15, 0.2) is 0 Å². The molecule has 63 heavy (non-hydrogen) atoms. The Balaban J connectivity index is 1.42. The first-order valence-electron chi connectivity index (χ1n) is 21.4. The molecule has 2 aliphatic rings. The van der Waals surface area contributed by atoms with Gasteiger partial charge >= 0.3 is 12.2 Å². The molecule has 6 amide bonds. The van der Waals surface area contributed by atoms with E-state index in [4.69, 9.17) is 11.5 Å². The van der Waals surface area contributed by atoms with Crippen LogP contribution in [0.3, 0.4) is 0 Å². The van der Waals surface area contributed by atoms with Crippen molar-refractivity contribution >= 4 is 35.8 Å². The number of nitrogens with one attached hydrogen (secondary N) is 2. The van der Waals surface area contributed by atoms with Crippen molar-refractivity contribution in [3.8, 4) is 28.2 Å². The number of nitrogens with zero attached hydrogens (tertiary/aromatic N) is 3. The van der Waals surface area contributed by atoms with Crippen LogP contribution in [0.4, 0.5) is 9.59 Å². The Morgan fingerprint density at radius 3 is 1.25 bits per heavy atom. The maximum absolute atomic E-state index is 13.9. The van der Waals surface area contributed by atoms with Gasteiger partial charge < -0.3 is 46.7 Å². The number of aromatic nitrogens is 1. The fraction of sp³-hybridized carbons (Fsp3) is 0.417. The Bertz CT molecular complexity index is 2250. The van der Waals surface area contributed by atoms with Gasteiger partial charge in [-0.1, -0.05) is 109 Å². The van der Waals surface area contributed by atoms with Gasteiger partial charge in [0.2, 0.25) is 23.6 Å². The number of carbonyl (C=O) groups is 6. The maximum Gasteiger partial charge on any atom is 0.405 e. The second kappa shape index (κ2) is 17.6. The molecule has 1 aromatic heterocycles. The van der Waals surface area contributed by atoms with E-state index in [1.807, 2.05) is 36.4 Å².